The van der Waals surface area contributed by atoms with Crippen molar-refractivity contribution in [3.8, 4) is 0 Å². The molecule has 0 N–H and O–H groups in total. The fourth-order valence-corrected chi connectivity index (χ4v) is 4.04. The first-order valence-corrected chi connectivity index (χ1v) is 14.3. The Morgan fingerprint density at radius 1 is 0.477 bits per heavy atom. The molecule has 244 valence electrons. The van der Waals surface area contributed by atoms with Gasteiger partial charge in [-0.05, 0) is 0 Å². The molecular formula is C30H44N4O10. The zero-order valence-corrected chi connectivity index (χ0v) is 25.3. The van der Waals surface area contributed by atoms with Crippen LogP contribution in [0.2, 0.25) is 0 Å². The first-order valence-electron chi connectivity index (χ1n) is 14.3. The molecule has 0 unspecified atom stereocenters. The highest BCUT2D eigenvalue weighted by molar-refractivity contribution is 5.82. The van der Waals surface area contributed by atoms with Crippen molar-refractivity contribution in [1.29, 1.82) is 0 Å². The molecule has 14 heteroatoms. The minimum absolute atomic E-state index is 0.0809. The average Bonchev–Trinajstić information content (AvgIpc) is 3.04. The molecule has 1 rings (SSSR count). The van der Waals surface area contributed by atoms with Gasteiger partial charge in [0.15, 0.2) is 0 Å². The van der Waals surface area contributed by atoms with Crippen molar-refractivity contribution in [2.75, 3.05) is 91.9 Å². The third kappa shape index (κ3) is 16.4. The lowest BCUT2D eigenvalue weighted by Gasteiger charge is -2.35. The van der Waals surface area contributed by atoms with Crippen LogP contribution in [0.1, 0.15) is 12.8 Å². The zero-order valence-electron chi connectivity index (χ0n) is 25.3. The van der Waals surface area contributed by atoms with Gasteiger partial charge in [-0.15, -0.1) is 0 Å². The number of hydrogen-bond acceptors (Lipinski definition) is 12. The number of rotatable bonds is 22. The van der Waals surface area contributed by atoms with Crippen molar-refractivity contribution >= 4 is 35.7 Å². The summed E-state index contributed by atoms with van der Waals surface area (Å²) < 4.78 is 20.1. The molecule has 0 bridgehead atoms. The molecule has 0 saturated carbocycles. The molecule has 2 amide bonds. The summed E-state index contributed by atoms with van der Waals surface area (Å²) in [5, 5.41) is 0. The van der Waals surface area contributed by atoms with Crippen molar-refractivity contribution in [3.63, 3.8) is 0 Å². The van der Waals surface area contributed by atoms with Crippen LogP contribution in [0.15, 0.2) is 50.6 Å². The Kier molecular flexibility index (Phi) is 19.1. The average molecular weight is 621 g/mol. The maximum atomic E-state index is 12.9. The Morgan fingerprint density at radius 2 is 0.727 bits per heavy atom. The molecule has 14 nitrogen and oxygen atoms in total. The van der Waals surface area contributed by atoms with Gasteiger partial charge < -0.3 is 28.7 Å². The molecule has 1 heterocycles. The minimum Gasteiger partial charge on any atom is -0.461 e. The molecular weight excluding hydrogens is 576 g/mol. The molecule has 0 aliphatic carbocycles. The van der Waals surface area contributed by atoms with Gasteiger partial charge in [-0.1, -0.05) is 26.3 Å². The minimum atomic E-state index is -0.553. The Balaban J connectivity index is 2.53. The molecule has 0 aromatic heterocycles. The van der Waals surface area contributed by atoms with Gasteiger partial charge in [0.05, 0.1) is 0 Å². The van der Waals surface area contributed by atoms with Crippen molar-refractivity contribution in [2.45, 2.75) is 12.8 Å². The Bertz CT molecular complexity index is 891. The van der Waals surface area contributed by atoms with Gasteiger partial charge in [0.1, 0.15) is 26.4 Å². The second-order valence-corrected chi connectivity index (χ2v) is 9.43. The lowest BCUT2D eigenvalue weighted by atomic mass is 10.2. The Hall–Kier alpha value is -4.30. The number of amides is 2. The van der Waals surface area contributed by atoms with Gasteiger partial charge in [-0.3, -0.25) is 19.4 Å². The van der Waals surface area contributed by atoms with Crippen molar-refractivity contribution in [1.82, 2.24) is 19.6 Å². The summed E-state index contributed by atoms with van der Waals surface area (Å²) in [7, 11) is 0. The second kappa shape index (κ2) is 22.3. The highest BCUT2D eigenvalue weighted by Gasteiger charge is 2.25. The highest BCUT2D eigenvalue weighted by Crippen LogP contribution is 2.08. The summed E-state index contributed by atoms with van der Waals surface area (Å²) in [5.74, 6) is -2.38. The standard InChI is InChI=1S/C30H44N4O10/c1-5-27(37)41-21-17-31(18-22-42-28(38)6-2)11-9-25(35)33-13-15-34(16-14-33)26(36)10-12-32(19-23-43-29(39)7-3)20-24-44-30(40)8-4/h5-8H,1-4,9-24H2. The van der Waals surface area contributed by atoms with Gasteiger partial charge in [0.25, 0.3) is 0 Å². The van der Waals surface area contributed by atoms with Crippen LogP contribution in [0.25, 0.3) is 0 Å². The number of carbonyl (C=O) groups is 6. The Labute approximate surface area is 258 Å². The number of nitrogens with zero attached hydrogens (tertiary/aromatic N) is 4. The first-order chi connectivity index (χ1) is 21.1. The van der Waals surface area contributed by atoms with E-state index in [4.69, 9.17) is 18.9 Å². The molecule has 0 aromatic carbocycles. The summed E-state index contributed by atoms with van der Waals surface area (Å²) in [6.07, 6.45) is 4.64. The van der Waals surface area contributed by atoms with Crippen LogP contribution in [0.4, 0.5) is 0 Å². The number of piperazine rings is 1. The van der Waals surface area contributed by atoms with Crippen LogP contribution in [-0.4, -0.2) is 147 Å². The van der Waals surface area contributed by atoms with Crippen molar-refractivity contribution in [3.05, 3.63) is 50.6 Å². The van der Waals surface area contributed by atoms with E-state index >= 15 is 0 Å². The second-order valence-electron chi connectivity index (χ2n) is 9.43. The maximum absolute atomic E-state index is 12.9. The number of hydrogen-bond donors (Lipinski definition) is 0. The number of carbonyl (C=O) groups excluding carboxylic acids is 6. The van der Waals surface area contributed by atoms with Gasteiger partial charge in [0.2, 0.25) is 11.8 Å². The first kappa shape index (κ1) is 37.7. The molecule has 44 heavy (non-hydrogen) atoms. The van der Waals surface area contributed by atoms with Crippen molar-refractivity contribution < 1.29 is 47.7 Å². The quantitative estimate of drug-likeness (QED) is 0.0907. The molecule has 0 atom stereocenters. The summed E-state index contributed by atoms with van der Waals surface area (Å²) in [4.78, 5) is 78.3. The molecule has 1 fully saturated rings. The number of ether oxygens (including phenoxy) is 4. The highest BCUT2D eigenvalue weighted by atomic mass is 16.5. The molecule has 1 aliphatic rings. The van der Waals surface area contributed by atoms with Crippen molar-refractivity contribution in [2.24, 2.45) is 0 Å². The summed E-state index contributed by atoms with van der Waals surface area (Å²) in [6.45, 7) is 17.4. The van der Waals surface area contributed by atoms with E-state index in [0.717, 1.165) is 24.3 Å². The Morgan fingerprint density at radius 3 is 0.955 bits per heavy atom. The zero-order chi connectivity index (χ0) is 32.7. The third-order valence-corrected chi connectivity index (χ3v) is 6.54. The smallest absolute Gasteiger partial charge is 0.330 e. The van der Waals surface area contributed by atoms with Crippen LogP contribution < -0.4 is 0 Å². The predicted octanol–water partition coefficient (Wildman–Crippen LogP) is -0.0418. The van der Waals surface area contributed by atoms with Crippen LogP contribution in [0.3, 0.4) is 0 Å². The number of esters is 4. The van der Waals surface area contributed by atoms with E-state index in [1.807, 2.05) is 9.80 Å². The van der Waals surface area contributed by atoms with Crippen LogP contribution in [-0.2, 0) is 47.7 Å². The lowest BCUT2D eigenvalue weighted by molar-refractivity contribution is -0.141. The van der Waals surface area contributed by atoms with Crippen LogP contribution >= 0.6 is 0 Å². The monoisotopic (exact) mass is 620 g/mol. The molecule has 1 aliphatic heterocycles. The summed E-state index contributed by atoms with van der Waals surface area (Å²) in [5.41, 5.74) is 0. The fraction of sp³-hybridized carbons (Fsp3) is 0.533. The third-order valence-electron chi connectivity index (χ3n) is 6.54. The van der Waals surface area contributed by atoms with Gasteiger partial charge >= 0.3 is 23.9 Å². The summed E-state index contributed by atoms with van der Waals surface area (Å²) in [6, 6.07) is 0. The fourth-order valence-electron chi connectivity index (χ4n) is 4.04. The van der Waals surface area contributed by atoms with E-state index in [1.54, 1.807) is 9.80 Å². The topological polar surface area (TPSA) is 152 Å². The molecule has 1 saturated heterocycles. The molecule has 0 aromatic rings. The van der Waals surface area contributed by atoms with E-state index < -0.39 is 23.9 Å². The normalized spacial score (nSPS) is 12.7. The van der Waals surface area contributed by atoms with E-state index in [1.165, 1.54) is 0 Å². The van der Waals surface area contributed by atoms with E-state index in [2.05, 4.69) is 26.3 Å². The predicted molar refractivity (Wildman–Crippen MR) is 160 cm³/mol. The molecule has 0 spiro atoms. The van der Waals surface area contributed by atoms with Crippen LogP contribution in [0, 0.1) is 0 Å². The SMILES string of the molecule is C=CC(=O)OCCN(CCOC(=O)C=C)CCC(=O)N1CCN(C(=O)CCN(CCOC(=O)C=C)CCOC(=O)C=C)CC1. The molecule has 0 radical (unpaired) electrons. The largest absolute Gasteiger partial charge is 0.461 e. The van der Waals surface area contributed by atoms with Gasteiger partial charge in [-0.25, -0.2) is 19.2 Å². The van der Waals surface area contributed by atoms with Gasteiger partial charge in [-0.2, -0.15) is 0 Å². The summed E-state index contributed by atoms with van der Waals surface area (Å²) >= 11 is 0. The maximum Gasteiger partial charge on any atom is 0.330 e. The van der Waals surface area contributed by atoms with Gasteiger partial charge in [0, 0.05) is 103 Å². The van der Waals surface area contributed by atoms with E-state index in [0.29, 0.717) is 65.4 Å². The van der Waals surface area contributed by atoms with E-state index in [-0.39, 0.29) is 51.1 Å². The van der Waals surface area contributed by atoms with E-state index in [9.17, 15) is 28.8 Å². The lowest BCUT2D eigenvalue weighted by Crippen LogP contribution is -2.51. The van der Waals surface area contributed by atoms with Crippen LogP contribution in [0.5, 0.6) is 0 Å².